The normalized spacial score (nSPS) is 13.2. The van der Waals surface area contributed by atoms with E-state index in [9.17, 15) is 4.79 Å². The number of thiazole rings is 1. The third-order valence-electron chi connectivity index (χ3n) is 3.66. The molecule has 0 aliphatic rings. The molecular formula is C19H35N5O2S. The van der Waals surface area contributed by atoms with Crippen molar-refractivity contribution in [2.24, 2.45) is 4.99 Å². The van der Waals surface area contributed by atoms with Crippen molar-refractivity contribution >= 4 is 23.4 Å². The zero-order chi connectivity index (χ0) is 20.4. The number of aliphatic imine (C=N–C) groups is 1. The summed E-state index contributed by atoms with van der Waals surface area (Å²) in [4.78, 5) is 22.4. The van der Waals surface area contributed by atoms with E-state index in [4.69, 9.17) is 4.74 Å². The van der Waals surface area contributed by atoms with Gasteiger partial charge in [0.25, 0.3) is 0 Å². The number of rotatable bonds is 8. The summed E-state index contributed by atoms with van der Waals surface area (Å²) >= 11 is 1.67. The topological polar surface area (TPSA) is 87.6 Å². The summed E-state index contributed by atoms with van der Waals surface area (Å²) in [5, 5.41) is 10.5. The Morgan fingerprint density at radius 2 is 1.96 bits per heavy atom. The number of guanidine groups is 1. The highest BCUT2D eigenvalue weighted by Gasteiger charge is 2.19. The predicted molar refractivity (Wildman–Crippen MR) is 112 cm³/mol. The molecule has 0 radical (unpaired) electrons. The Kier molecular flexibility index (Phi) is 9.55. The van der Waals surface area contributed by atoms with Crippen molar-refractivity contribution in [1.82, 2.24) is 20.9 Å². The summed E-state index contributed by atoms with van der Waals surface area (Å²) in [6, 6.07) is -0.0296. The molecule has 0 aliphatic carbocycles. The standard InChI is InChI=1S/C19H35N5O2S/c1-8-10-15(24-18(25)26-19(5,6)7)11-21-17(20-9-2)22-12-16-23-13(3)14(4)27-16/h15H,8-12H2,1-7H3,(H,24,25)(H2,20,21,22). The molecule has 1 amide bonds. The van der Waals surface area contributed by atoms with Crippen LogP contribution < -0.4 is 16.0 Å². The number of carbonyl (C=O) groups excluding carboxylic acids is 1. The van der Waals surface area contributed by atoms with Crippen molar-refractivity contribution in [1.29, 1.82) is 0 Å². The first-order valence-corrected chi connectivity index (χ1v) is 10.4. The largest absolute Gasteiger partial charge is 0.444 e. The third kappa shape index (κ3) is 9.60. The number of hydrogen-bond donors (Lipinski definition) is 3. The molecule has 0 saturated heterocycles. The van der Waals surface area contributed by atoms with E-state index in [0.717, 1.165) is 36.0 Å². The summed E-state index contributed by atoms with van der Waals surface area (Å²) < 4.78 is 5.36. The molecule has 0 aromatic carbocycles. The maximum absolute atomic E-state index is 12.0. The molecule has 3 N–H and O–H groups in total. The van der Waals surface area contributed by atoms with Gasteiger partial charge in [0.05, 0.1) is 12.2 Å². The summed E-state index contributed by atoms with van der Waals surface area (Å²) in [6.07, 6.45) is 1.43. The van der Waals surface area contributed by atoms with Crippen LogP contribution in [0.4, 0.5) is 4.79 Å². The molecule has 1 rings (SSSR count). The highest BCUT2D eigenvalue weighted by atomic mass is 32.1. The summed E-state index contributed by atoms with van der Waals surface area (Å²) in [5.74, 6) is 0.718. The highest BCUT2D eigenvalue weighted by Crippen LogP contribution is 2.16. The van der Waals surface area contributed by atoms with E-state index in [1.807, 2.05) is 34.6 Å². The first-order chi connectivity index (χ1) is 12.6. The van der Waals surface area contributed by atoms with Crippen LogP contribution in [0.5, 0.6) is 0 Å². The first kappa shape index (κ1) is 23.2. The van der Waals surface area contributed by atoms with Crippen molar-refractivity contribution in [3.05, 3.63) is 15.6 Å². The van der Waals surface area contributed by atoms with Crippen LogP contribution in [0.15, 0.2) is 4.99 Å². The van der Waals surface area contributed by atoms with Crippen molar-refractivity contribution in [2.75, 3.05) is 13.1 Å². The van der Waals surface area contributed by atoms with Crippen molar-refractivity contribution < 1.29 is 9.53 Å². The maximum Gasteiger partial charge on any atom is 0.407 e. The van der Waals surface area contributed by atoms with Gasteiger partial charge in [0.15, 0.2) is 5.96 Å². The quantitative estimate of drug-likeness (QED) is 0.461. The molecule has 0 fully saturated rings. The van der Waals surface area contributed by atoms with Gasteiger partial charge < -0.3 is 20.7 Å². The second-order valence-electron chi connectivity index (χ2n) is 7.46. The van der Waals surface area contributed by atoms with Crippen LogP contribution in [0, 0.1) is 13.8 Å². The number of amides is 1. The Morgan fingerprint density at radius 3 is 2.48 bits per heavy atom. The Bertz CT molecular complexity index is 603. The monoisotopic (exact) mass is 397 g/mol. The van der Waals surface area contributed by atoms with E-state index in [0.29, 0.717) is 13.1 Å². The fourth-order valence-corrected chi connectivity index (χ4v) is 3.22. The Balaban J connectivity index is 2.64. The molecule has 154 valence electrons. The lowest BCUT2D eigenvalue weighted by Gasteiger charge is -2.24. The van der Waals surface area contributed by atoms with Crippen LogP contribution in [0.1, 0.15) is 63.0 Å². The number of nitrogens with one attached hydrogen (secondary N) is 3. The molecule has 1 unspecified atom stereocenters. The molecule has 1 aromatic rings. The minimum absolute atomic E-state index is 0.0296. The minimum atomic E-state index is -0.505. The molecule has 0 spiro atoms. The van der Waals surface area contributed by atoms with E-state index >= 15 is 0 Å². The van der Waals surface area contributed by atoms with Crippen LogP contribution >= 0.6 is 11.3 Å². The van der Waals surface area contributed by atoms with Gasteiger partial charge in [-0.1, -0.05) is 13.3 Å². The predicted octanol–water partition coefficient (Wildman–Crippen LogP) is 3.51. The van der Waals surface area contributed by atoms with Crippen LogP contribution in [-0.2, 0) is 11.3 Å². The van der Waals surface area contributed by atoms with Crippen molar-refractivity contribution in [3.63, 3.8) is 0 Å². The lowest BCUT2D eigenvalue weighted by molar-refractivity contribution is 0.0502. The van der Waals surface area contributed by atoms with Gasteiger partial charge in [-0.2, -0.15) is 0 Å². The second kappa shape index (κ2) is 11.1. The lowest BCUT2D eigenvalue weighted by atomic mass is 10.1. The van der Waals surface area contributed by atoms with E-state index in [-0.39, 0.29) is 6.04 Å². The molecule has 8 heteroatoms. The molecular weight excluding hydrogens is 362 g/mol. The van der Waals surface area contributed by atoms with Gasteiger partial charge >= 0.3 is 6.09 Å². The third-order valence-corrected chi connectivity index (χ3v) is 4.72. The molecule has 27 heavy (non-hydrogen) atoms. The van der Waals surface area contributed by atoms with E-state index in [2.05, 4.69) is 39.8 Å². The highest BCUT2D eigenvalue weighted by molar-refractivity contribution is 7.11. The fraction of sp³-hybridized carbons (Fsp3) is 0.737. The zero-order valence-electron chi connectivity index (χ0n) is 17.7. The number of aromatic nitrogens is 1. The van der Waals surface area contributed by atoms with Gasteiger partial charge in [-0.25, -0.2) is 14.8 Å². The summed E-state index contributed by atoms with van der Waals surface area (Å²) in [7, 11) is 0. The first-order valence-electron chi connectivity index (χ1n) is 9.59. The summed E-state index contributed by atoms with van der Waals surface area (Å²) in [5.41, 5.74) is 0.557. The smallest absolute Gasteiger partial charge is 0.407 e. The second-order valence-corrected chi connectivity index (χ2v) is 8.74. The van der Waals surface area contributed by atoms with Crippen LogP contribution in [0.2, 0.25) is 0 Å². The van der Waals surface area contributed by atoms with Crippen molar-refractivity contribution in [3.8, 4) is 0 Å². The fourth-order valence-electron chi connectivity index (χ4n) is 2.36. The van der Waals surface area contributed by atoms with Crippen LogP contribution in [-0.4, -0.2) is 41.8 Å². The SMILES string of the molecule is CCCC(CNC(=NCc1nc(C)c(C)s1)NCC)NC(=O)OC(C)(C)C. The van der Waals surface area contributed by atoms with Crippen molar-refractivity contribution in [2.45, 2.75) is 79.5 Å². The van der Waals surface area contributed by atoms with Crippen LogP contribution in [0.3, 0.4) is 0 Å². The molecule has 7 nitrogen and oxygen atoms in total. The van der Waals surface area contributed by atoms with Crippen LogP contribution in [0.25, 0.3) is 0 Å². The number of aryl methyl sites for hydroxylation is 2. The van der Waals surface area contributed by atoms with E-state index < -0.39 is 11.7 Å². The molecule has 1 atom stereocenters. The summed E-state index contributed by atoms with van der Waals surface area (Å²) in [6.45, 7) is 15.7. The Morgan fingerprint density at radius 1 is 1.26 bits per heavy atom. The molecule has 1 heterocycles. The lowest BCUT2D eigenvalue weighted by Crippen LogP contribution is -2.48. The minimum Gasteiger partial charge on any atom is -0.444 e. The number of alkyl carbamates (subject to hydrolysis) is 1. The van der Waals surface area contributed by atoms with Gasteiger partial charge in [-0.05, 0) is 48.0 Å². The Hall–Kier alpha value is -1.83. The van der Waals surface area contributed by atoms with Gasteiger partial charge in [0.2, 0.25) is 0 Å². The maximum atomic E-state index is 12.0. The average molecular weight is 398 g/mol. The van der Waals surface area contributed by atoms with Gasteiger partial charge in [-0.15, -0.1) is 11.3 Å². The average Bonchev–Trinajstić information content (AvgIpc) is 2.86. The van der Waals surface area contributed by atoms with Gasteiger partial charge in [-0.3, -0.25) is 0 Å². The Labute approximate surface area is 167 Å². The van der Waals surface area contributed by atoms with Gasteiger partial charge in [0, 0.05) is 24.0 Å². The molecule has 0 saturated carbocycles. The van der Waals surface area contributed by atoms with E-state index in [1.165, 1.54) is 4.88 Å². The number of carbonyl (C=O) groups is 1. The number of hydrogen-bond acceptors (Lipinski definition) is 5. The van der Waals surface area contributed by atoms with E-state index in [1.54, 1.807) is 11.3 Å². The number of nitrogens with zero attached hydrogens (tertiary/aromatic N) is 2. The molecule has 0 aliphatic heterocycles. The molecule has 0 bridgehead atoms. The van der Waals surface area contributed by atoms with Gasteiger partial charge in [0.1, 0.15) is 10.6 Å². The molecule has 1 aromatic heterocycles. The zero-order valence-corrected chi connectivity index (χ0v) is 18.5. The number of ether oxygens (including phenoxy) is 1.